The molecule has 0 atom stereocenters. The summed E-state index contributed by atoms with van der Waals surface area (Å²) in [5, 5.41) is 3.14. The molecule has 9 nitrogen and oxygen atoms in total. The maximum atomic E-state index is 13.6. The van der Waals surface area contributed by atoms with Gasteiger partial charge in [0, 0.05) is 26.2 Å². The SMILES string of the molecule is C=C(F)/C(=C\C=C\OCCCC1CCN(c2ncc(Cl)cn2)CC1)CC(=O)NCCCN[SH](=O)=O. The highest BCUT2D eigenvalue weighted by Crippen LogP contribution is 2.24. The minimum atomic E-state index is -2.64. The minimum absolute atomic E-state index is 0.152. The van der Waals surface area contributed by atoms with E-state index in [-0.39, 0.29) is 31.0 Å². The summed E-state index contributed by atoms with van der Waals surface area (Å²) >= 11 is 5.84. The van der Waals surface area contributed by atoms with Gasteiger partial charge in [-0.2, -0.15) is 0 Å². The number of ether oxygens (including phenoxy) is 1. The van der Waals surface area contributed by atoms with Crippen LogP contribution in [0, 0.1) is 5.92 Å². The smallest absolute Gasteiger partial charge is 0.225 e. The molecule has 2 N–H and O–H groups in total. The van der Waals surface area contributed by atoms with Gasteiger partial charge >= 0.3 is 0 Å². The molecule has 0 aromatic carbocycles. The maximum Gasteiger partial charge on any atom is 0.225 e. The van der Waals surface area contributed by atoms with Crippen LogP contribution in [0.15, 0.2) is 48.8 Å². The van der Waals surface area contributed by atoms with E-state index in [1.54, 1.807) is 18.5 Å². The molecule has 12 heteroatoms. The first-order chi connectivity index (χ1) is 16.8. The molecule has 0 saturated carbocycles. The zero-order valence-electron chi connectivity index (χ0n) is 19.6. The fourth-order valence-electron chi connectivity index (χ4n) is 3.59. The van der Waals surface area contributed by atoms with Crippen molar-refractivity contribution in [2.24, 2.45) is 5.92 Å². The van der Waals surface area contributed by atoms with E-state index in [4.69, 9.17) is 16.3 Å². The van der Waals surface area contributed by atoms with Gasteiger partial charge in [-0.3, -0.25) is 4.79 Å². The van der Waals surface area contributed by atoms with Crippen LogP contribution in [0.5, 0.6) is 0 Å². The standard InChI is InChI=1S/C23H33ClFN5O4S/c1-18(25)20(15-22(31)26-9-4-10-29-35(32)33)6-3-14-34-13-2-5-19-7-11-30(12-8-19)23-27-16-21(24)17-28-23/h3,6,14,16-17,19,35H,1-2,4-5,7-13,15H2,(H,26,31)(H,29,32,33)/b14-3+,20-6-. The first kappa shape index (κ1) is 28.7. The van der Waals surface area contributed by atoms with Crippen molar-refractivity contribution in [3.05, 3.63) is 53.8 Å². The number of carbonyl (C=O) groups excluding carboxylic acids is 1. The highest BCUT2D eigenvalue weighted by Gasteiger charge is 2.20. The number of halogens is 2. The van der Waals surface area contributed by atoms with Crippen LogP contribution in [0.25, 0.3) is 0 Å². The lowest BCUT2D eigenvalue weighted by molar-refractivity contribution is -0.120. The Hall–Kier alpha value is -2.50. The third-order valence-electron chi connectivity index (χ3n) is 5.47. The Morgan fingerprint density at radius 2 is 1.97 bits per heavy atom. The Bertz CT molecular complexity index is 940. The molecule has 1 aromatic heterocycles. The summed E-state index contributed by atoms with van der Waals surface area (Å²) in [6.45, 7) is 6.17. The topological polar surface area (TPSA) is 114 Å². The van der Waals surface area contributed by atoms with Crippen molar-refractivity contribution in [3.8, 4) is 0 Å². The first-order valence-electron chi connectivity index (χ1n) is 11.5. The molecule has 1 fully saturated rings. The molecule has 2 rings (SSSR count). The number of hydrogen-bond acceptors (Lipinski definition) is 7. The number of anilines is 1. The van der Waals surface area contributed by atoms with Crippen molar-refractivity contribution in [2.45, 2.75) is 38.5 Å². The quantitative estimate of drug-likeness (QED) is 0.138. The Balaban J connectivity index is 1.59. The third-order valence-corrected chi connectivity index (χ3v) is 6.14. The minimum Gasteiger partial charge on any atom is -0.501 e. The van der Waals surface area contributed by atoms with Gasteiger partial charge < -0.3 is 15.0 Å². The average Bonchev–Trinajstić information content (AvgIpc) is 2.83. The largest absolute Gasteiger partial charge is 0.501 e. The van der Waals surface area contributed by atoms with Crippen molar-refractivity contribution in [3.63, 3.8) is 0 Å². The van der Waals surface area contributed by atoms with E-state index in [1.165, 1.54) is 12.3 Å². The second-order valence-corrected chi connectivity index (χ2v) is 9.38. The summed E-state index contributed by atoms with van der Waals surface area (Å²) in [4.78, 5) is 22.6. The summed E-state index contributed by atoms with van der Waals surface area (Å²) in [7, 11) is -2.64. The molecular weight excluding hydrogens is 497 g/mol. The highest BCUT2D eigenvalue weighted by molar-refractivity contribution is 7.70. The van der Waals surface area contributed by atoms with Gasteiger partial charge in [-0.1, -0.05) is 24.3 Å². The van der Waals surface area contributed by atoms with Crippen molar-refractivity contribution >= 4 is 34.3 Å². The lowest BCUT2D eigenvalue weighted by atomic mass is 9.92. The number of rotatable bonds is 15. The number of nitrogens with zero attached hydrogens (tertiary/aromatic N) is 3. The average molecular weight is 530 g/mol. The van der Waals surface area contributed by atoms with Crippen LogP contribution in [0.4, 0.5) is 10.3 Å². The van der Waals surface area contributed by atoms with Gasteiger partial charge in [-0.15, -0.1) is 0 Å². The number of amides is 1. The third kappa shape index (κ3) is 12.1. The summed E-state index contributed by atoms with van der Waals surface area (Å²) in [5.41, 5.74) is 0.152. The van der Waals surface area contributed by atoms with Gasteiger partial charge in [0.25, 0.3) is 0 Å². The van der Waals surface area contributed by atoms with Crippen LogP contribution in [0.3, 0.4) is 0 Å². The van der Waals surface area contributed by atoms with Gasteiger partial charge in [0.1, 0.15) is 5.83 Å². The van der Waals surface area contributed by atoms with E-state index in [1.807, 2.05) is 0 Å². The molecule has 1 aliphatic heterocycles. The Morgan fingerprint density at radius 1 is 1.26 bits per heavy atom. The Kier molecular flexibility index (Phi) is 13.3. The molecule has 2 heterocycles. The second kappa shape index (κ2) is 16.2. The Morgan fingerprint density at radius 3 is 2.63 bits per heavy atom. The van der Waals surface area contributed by atoms with E-state index < -0.39 is 16.7 Å². The lowest BCUT2D eigenvalue weighted by Gasteiger charge is -2.31. The molecule has 194 valence electrons. The molecule has 0 radical (unpaired) electrons. The van der Waals surface area contributed by atoms with E-state index >= 15 is 0 Å². The lowest BCUT2D eigenvalue weighted by Crippen LogP contribution is -2.34. The molecule has 1 amide bonds. The van der Waals surface area contributed by atoms with E-state index in [0.717, 1.165) is 44.7 Å². The van der Waals surface area contributed by atoms with Gasteiger partial charge in [-0.05, 0) is 49.7 Å². The number of nitrogens with one attached hydrogen (secondary N) is 2. The van der Waals surface area contributed by atoms with Crippen molar-refractivity contribution in [2.75, 3.05) is 37.7 Å². The van der Waals surface area contributed by atoms with Gasteiger partial charge in [0.05, 0.1) is 36.7 Å². The predicted octanol–water partition coefficient (Wildman–Crippen LogP) is 3.08. The first-order valence-corrected chi connectivity index (χ1v) is 13.1. The molecule has 1 aliphatic rings. The van der Waals surface area contributed by atoms with Crippen molar-refractivity contribution < 1.29 is 22.3 Å². The molecule has 0 aliphatic carbocycles. The van der Waals surface area contributed by atoms with Crippen LogP contribution < -0.4 is 14.9 Å². The van der Waals surface area contributed by atoms with Gasteiger partial charge in [0.2, 0.25) is 22.7 Å². The number of hydrogen-bond donors (Lipinski definition) is 3. The highest BCUT2D eigenvalue weighted by atomic mass is 35.5. The van der Waals surface area contributed by atoms with Gasteiger partial charge in [-0.25, -0.2) is 27.5 Å². The van der Waals surface area contributed by atoms with Crippen LogP contribution in [-0.2, 0) is 20.4 Å². The van der Waals surface area contributed by atoms with Crippen molar-refractivity contribution in [1.29, 1.82) is 0 Å². The Labute approximate surface area is 212 Å². The van der Waals surface area contributed by atoms with E-state index in [9.17, 15) is 17.6 Å². The molecular formula is C23H33ClFN5O4S. The number of aromatic nitrogens is 2. The van der Waals surface area contributed by atoms with E-state index in [0.29, 0.717) is 24.0 Å². The molecule has 0 bridgehead atoms. The van der Waals surface area contributed by atoms with E-state index in [2.05, 4.69) is 31.5 Å². The summed E-state index contributed by atoms with van der Waals surface area (Å²) < 4.78 is 42.2. The number of allylic oxidation sites excluding steroid dienone is 3. The fraction of sp³-hybridized carbons (Fsp3) is 0.522. The molecule has 35 heavy (non-hydrogen) atoms. The van der Waals surface area contributed by atoms with Crippen LogP contribution >= 0.6 is 11.6 Å². The predicted molar refractivity (Wildman–Crippen MR) is 135 cm³/mol. The molecule has 0 spiro atoms. The maximum absolute atomic E-state index is 13.6. The summed E-state index contributed by atoms with van der Waals surface area (Å²) in [5.74, 6) is 0.286. The summed E-state index contributed by atoms with van der Waals surface area (Å²) in [6.07, 6.45) is 12.1. The van der Waals surface area contributed by atoms with Crippen LogP contribution in [0.2, 0.25) is 5.02 Å². The molecule has 0 unspecified atom stereocenters. The zero-order valence-corrected chi connectivity index (χ0v) is 21.3. The van der Waals surface area contributed by atoms with Crippen molar-refractivity contribution in [1.82, 2.24) is 20.0 Å². The fourth-order valence-corrected chi connectivity index (χ4v) is 4.03. The summed E-state index contributed by atoms with van der Waals surface area (Å²) in [6, 6.07) is 0. The monoisotopic (exact) mass is 529 g/mol. The number of thiol groups is 1. The molecule has 1 saturated heterocycles. The normalized spacial score (nSPS) is 15.1. The van der Waals surface area contributed by atoms with Crippen LogP contribution in [0.1, 0.15) is 38.5 Å². The van der Waals surface area contributed by atoms with Crippen LogP contribution in [-0.4, -0.2) is 57.1 Å². The second-order valence-electron chi connectivity index (χ2n) is 8.12. The number of carbonyl (C=O) groups is 1. The van der Waals surface area contributed by atoms with Gasteiger partial charge in [0.15, 0.2) is 0 Å². The zero-order chi connectivity index (χ0) is 25.5. The number of piperidine rings is 1. The molecule has 1 aromatic rings.